The van der Waals surface area contributed by atoms with Crippen LogP contribution in [-0.2, 0) is 11.8 Å². The fourth-order valence-corrected chi connectivity index (χ4v) is 2.12. The second-order valence-electron chi connectivity index (χ2n) is 4.11. The maximum atomic E-state index is 11.4. The highest BCUT2D eigenvalue weighted by Gasteiger charge is 2.30. The highest BCUT2D eigenvalue weighted by molar-refractivity contribution is 5.80. The summed E-state index contributed by atoms with van der Waals surface area (Å²) in [7, 11) is 1.88. The van der Waals surface area contributed by atoms with Crippen LogP contribution >= 0.6 is 0 Å². The van der Waals surface area contributed by atoms with E-state index in [0.29, 0.717) is 18.1 Å². The molecule has 4 nitrogen and oxygen atoms in total. The first kappa shape index (κ1) is 9.37. The first-order valence-electron chi connectivity index (χ1n) is 5.04. The fraction of sp³-hybridized carbons (Fsp3) is 0.700. The number of carbonyl (C=O) groups is 1. The van der Waals surface area contributed by atoms with Gasteiger partial charge in [0.1, 0.15) is 17.9 Å². The van der Waals surface area contributed by atoms with E-state index in [1.807, 2.05) is 7.05 Å². The maximum Gasteiger partial charge on any atom is 0.138 e. The van der Waals surface area contributed by atoms with Crippen LogP contribution in [0.3, 0.4) is 0 Å². The highest BCUT2D eigenvalue weighted by Crippen LogP contribution is 2.34. The lowest BCUT2D eigenvalue weighted by Crippen LogP contribution is -2.23. The molecular formula is C10H15N3O. The van der Waals surface area contributed by atoms with Crippen molar-refractivity contribution in [2.45, 2.75) is 32.1 Å². The Morgan fingerprint density at radius 1 is 1.57 bits per heavy atom. The van der Waals surface area contributed by atoms with Gasteiger partial charge in [-0.15, -0.1) is 0 Å². The summed E-state index contributed by atoms with van der Waals surface area (Å²) in [6.07, 6.45) is 3.90. The zero-order chi connectivity index (χ0) is 10.1. The largest absolute Gasteiger partial charge is 0.300 e. The van der Waals surface area contributed by atoms with Crippen molar-refractivity contribution in [2.24, 2.45) is 13.0 Å². The minimum Gasteiger partial charge on any atom is -0.300 e. The molecule has 0 bridgehead atoms. The van der Waals surface area contributed by atoms with E-state index >= 15 is 0 Å². The van der Waals surface area contributed by atoms with Crippen molar-refractivity contribution in [1.29, 1.82) is 0 Å². The fourth-order valence-electron chi connectivity index (χ4n) is 2.12. The van der Waals surface area contributed by atoms with Crippen molar-refractivity contribution < 1.29 is 4.79 Å². The number of hydrogen-bond donors (Lipinski definition) is 0. The van der Waals surface area contributed by atoms with Gasteiger partial charge in [0.05, 0.1) is 0 Å². The zero-order valence-corrected chi connectivity index (χ0v) is 8.60. The Morgan fingerprint density at radius 2 is 2.36 bits per heavy atom. The average Bonchev–Trinajstić information content (AvgIpc) is 2.56. The molecule has 1 aromatic heterocycles. The quantitative estimate of drug-likeness (QED) is 0.675. The number of aromatic nitrogens is 3. The second kappa shape index (κ2) is 3.52. The molecule has 0 aliphatic heterocycles. The molecule has 1 aliphatic carbocycles. The maximum absolute atomic E-state index is 11.4. The van der Waals surface area contributed by atoms with E-state index in [0.717, 1.165) is 18.7 Å². The first-order chi connectivity index (χ1) is 6.68. The predicted octanol–water partition coefficient (Wildman–Crippen LogP) is 1.29. The molecular weight excluding hydrogens is 178 g/mol. The topological polar surface area (TPSA) is 47.8 Å². The molecule has 4 heteroatoms. The van der Waals surface area contributed by atoms with E-state index in [1.165, 1.54) is 0 Å². The van der Waals surface area contributed by atoms with E-state index in [4.69, 9.17) is 0 Å². The van der Waals surface area contributed by atoms with Gasteiger partial charge in [-0.3, -0.25) is 9.48 Å². The predicted molar refractivity (Wildman–Crippen MR) is 51.8 cm³/mol. The van der Waals surface area contributed by atoms with Gasteiger partial charge >= 0.3 is 0 Å². The van der Waals surface area contributed by atoms with E-state index in [-0.39, 0.29) is 5.92 Å². The highest BCUT2D eigenvalue weighted by atomic mass is 16.1. The normalized spacial score (nSPS) is 28.0. The second-order valence-corrected chi connectivity index (χ2v) is 4.11. The number of aryl methyl sites for hydroxylation is 1. The van der Waals surface area contributed by atoms with Crippen molar-refractivity contribution in [3.05, 3.63) is 12.2 Å². The molecule has 1 saturated carbocycles. The molecule has 0 aromatic carbocycles. The Bertz CT molecular complexity index is 345. The van der Waals surface area contributed by atoms with Crippen LogP contribution in [0, 0.1) is 5.92 Å². The number of nitrogens with zero attached hydrogens (tertiary/aromatic N) is 3. The SMILES string of the molecule is CC1CCC(=O)CC1c1ncnn1C. The molecule has 0 saturated heterocycles. The van der Waals surface area contributed by atoms with Gasteiger partial charge in [0.25, 0.3) is 0 Å². The molecule has 2 rings (SSSR count). The third kappa shape index (κ3) is 1.56. The molecule has 0 spiro atoms. The van der Waals surface area contributed by atoms with Crippen molar-refractivity contribution in [1.82, 2.24) is 14.8 Å². The summed E-state index contributed by atoms with van der Waals surface area (Å²) in [5.74, 6) is 2.11. The number of hydrogen-bond acceptors (Lipinski definition) is 3. The lowest BCUT2D eigenvalue weighted by Gasteiger charge is -2.26. The summed E-state index contributed by atoms with van der Waals surface area (Å²) in [4.78, 5) is 15.6. The Hall–Kier alpha value is -1.19. The van der Waals surface area contributed by atoms with Crippen LogP contribution in [0.25, 0.3) is 0 Å². The Balaban J connectivity index is 2.24. The number of ketones is 1. The molecule has 0 amide bonds. The molecule has 14 heavy (non-hydrogen) atoms. The summed E-state index contributed by atoms with van der Waals surface area (Å²) in [6, 6.07) is 0. The number of carbonyl (C=O) groups excluding carboxylic acids is 1. The molecule has 1 fully saturated rings. The van der Waals surface area contributed by atoms with Crippen LogP contribution in [-0.4, -0.2) is 20.5 Å². The van der Waals surface area contributed by atoms with Gasteiger partial charge < -0.3 is 0 Å². The van der Waals surface area contributed by atoms with Crippen LogP contribution in [0.5, 0.6) is 0 Å². The van der Waals surface area contributed by atoms with Gasteiger partial charge in [0, 0.05) is 25.8 Å². The van der Waals surface area contributed by atoms with Gasteiger partial charge in [0.15, 0.2) is 0 Å². The summed E-state index contributed by atoms with van der Waals surface area (Å²) < 4.78 is 1.78. The van der Waals surface area contributed by atoms with Gasteiger partial charge in [-0.05, 0) is 12.3 Å². The third-order valence-corrected chi connectivity index (χ3v) is 3.09. The van der Waals surface area contributed by atoms with Crippen molar-refractivity contribution in [3.63, 3.8) is 0 Å². The monoisotopic (exact) mass is 193 g/mol. The minimum absolute atomic E-state index is 0.267. The van der Waals surface area contributed by atoms with E-state index in [1.54, 1.807) is 11.0 Å². The van der Waals surface area contributed by atoms with Crippen LogP contribution < -0.4 is 0 Å². The van der Waals surface area contributed by atoms with Crippen molar-refractivity contribution in [2.75, 3.05) is 0 Å². The van der Waals surface area contributed by atoms with Crippen molar-refractivity contribution >= 4 is 5.78 Å². The zero-order valence-electron chi connectivity index (χ0n) is 8.60. The lowest BCUT2D eigenvalue weighted by atomic mass is 9.79. The van der Waals surface area contributed by atoms with Crippen LogP contribution in [0.15, 0.2) is 6.33 Å². The van der Waals surface area contributed by atoms with Gasteiger partial charge in [0.2, 0.25) is 0 Å². The summed E-state index contributed by atoms with van der Waals surface area (Å²) in [5, 5.41) is 4.05. The first-order valence-corrected chi connectivity index (χ1v) is 5.04. The molecule has 76 valence electrons. The van der Waals surface area contributed by atoms with E-state index < -0.39 is 0 Å². The third-order valence-electron chi connectivity index (χ3n) is 3.09. The van der Waals surface area contributed by atoms with Gasteiger partial charge in [-0.1, -0.05) is 6.92 Å². The smallest absolute Gasteiger partial charge is 0.138 e. The number of rotatable bonds is 1. The minimum atomic E-state index is 0.267. The molecule has 1 aromatic rings. The standard InChI is InChI=1S/C10H15N3O/c1-7-3-4-8(14)5-9(7)10-11-6-12-13(10)2/h6-7,9H,3-5H2,1-2H3. The molecule has 0 N–H and O–H groups in total. The van der Waals surface area contributed by atoms with Crippen LogP contribution in [0.1, 0.15) is 37.9 Å². The van der Waals surface area contributed by atoms with Crippen LogP contribution in [0.4, 0.5) is 0 Å². The van der Waals surface area contributed by atoms with E-state index in [9.17, 15) is 4.79 Å². The summed E-state index contributed by atoms with van der Waals surface area (Å²) >= 11 is 0. The van der Waals surface area contributed by atoms with E-state index in [2.05, 4.69) is 17.0 Å². The molecule has 1 aliphatic rings. The van der Waals surface area contributed by atoms with Gasteiger partial charge in [-0.2, -0.15) is 5.10 Å². The Kier molecular flexibility index (Phi) is 2.35. The average molecular weight is 193 g/mol. The molecule has 2 unspecified atom stereocenters. The van der Waals surface area contributed by atoms with Gasteiger partial charge in [-0.25, -0.2) is 4.98 Å². The summed E-state index contributed by atoms with van der Waals surface area (Å²) in [5.41, 5.74) is 0. The van der Waals surface area contributed by atoms with Crippen LogP contribution in [0.2, 0.25) is 0 Å². The molecule has 2 atom stereocenters. The lowest BCUT2D eigenvalue weighted by molar-refractivity contribution is -0.121. The Morgan fingerprint density at radius 3 is 3.00 bits per heavy atom. The summed E-state index contributed by atoms with van der Waals surface area (Å²) in [6.45, 7) is 2.19. The molecule has 1 heterocycles. The molecule has 0 radical (unpaired) electrons. The number of Topliss-reactive ketones (excluding diaryl/α,β-unsaturated/α-hetero) is 1. The Labute approximate surface area is 83.3 Å². The van der Waals surface area contributed by atoms with Crippen molar-refractivity contribution in [3.8, 4) is 0 Å².